The highest BCUT2D eigenvalue weighted by Gasteiger charge is 2.06. The van der Waals surface area contributed by atoms with Gasteiger partial charge in [0.05, 0.1) is 11.8 Å². The zero-order valence-corrected chi connectivity index (χ0v) is 17.2. The highest BCUT2D eigenvalue weighted by Crippen LogP contribution is 2.15. The number of aromatic carboxylic acids is 1. The predicted molar refractivity (Wildman–Crippen MR) is 120 cm³/mol. The third kappa shape index (κ3) is 6.53. The van der Waals surface area contributed by atoms with Crippen LogP contribution >= 0.6 is 0 Å². The fourth-order valence-corrected chi connectivity index (χ4v) is 2.78. The Morgan fingerprint density at radius 1 is 0.969 bits per heavy atom. The molecule has 0 fully saturated rings. The Morgan fingerprint density at radius 3 is 2.41 bits per heavy atom. The SMILES string of the molecule is CC(=O)Nc1cccc(C(=O)N/N=C\c2ccc(OCc3cccc(C(=O)O)c3)cc2)c1. The van der Waals surface area contributed by atoms with Crippen LogP contribution in [0.25, 0.3) is 0 Å². The average Bonchev–Trinajstić information content (AvgIpc) is 2.78. The van der Waals surface area contributed by atoms with E-state index in [-0.39, 0.29) is 18.1 Å². The fraction of sp³-hybridized carbons (Fsp3) is 0.0833. The Balaban J connectivity index is 1.53. The number of nitrogens with zero attached hydrogens (tertiary/aromatic N) is 1. The molecule has 3 aromatic rings. The van der Waals surface area contributed by atoms with E-state index in [1.807, 2.05) is 0 Å². The highest BCUT2D eigenvalue weighted by atomic mass is 16.5. The van der Waals surface area contributed by atoms with Crippen molar-refractivity contribution < 1.29 is 24.2 Å². The van der Waals surface area contributed by atoms with Crippen molar-refractivity contribution in [3.63, 3.8) is 0 Å². The van der Waals surface area contributed by atoms with Crippen molar-refractivity contribution >= 4 is 29.7 Å². The number of ether oxygens (including phenoxy) is 1. The maximum absolute atomic E-state index is 12.2. The molecule has 0 heterocycles. The van der Waals surface area contributed by atoms with Gasteiger partial charge in [0.25, 0.3) is 5.91 Å². The summed E-state index contributed by atoms with van der Waals surface area (Å²) in [6, 6.07) is 20.1. The summed E-state index contributed by atoms with van der Waals surface area (Å²) in [4.78, 5) is 34.4. The van der Waals surface area contributed by atoms with Crippen LogP contribution in [0.1, 0.15) is 38.8 Å². The first kappa shape index (κ1) is 22.2. The molecular formula is C24H21N3O5. The summed E-state index contributed by atoms with van der Waals surface area (Å²) in [5, 5.41) is 15.6. The van der Waals surface area contributed by atoms with Gasteiger partial charge in [-0.1, -0.05) is 18.2 Å². The van der Waals surface area contributed by atoms with Crippen molar-refractivity contribution in [1.82, 2.24) is 5.43 Å². The number of hydrazone groups is 1. The molecule has 0 saturated heterocycles. The van der Waals surface area contributed by atoms with E-state index in [1.54, 1.807) is 66.7 Å². The molecule has 0 aliphatic rings. The van der Waals surface area contributed by atoms with E-state index < -0.39 is 11.9 Å². The Kier molecular flexibility index (Phi) is 7.32. The second kappa shape index (κ2) is 10.5. The maximum atomic E-state index is 12.2. The summed E-state index contributed by atoms with van der Waals surface area (Å²) in [7, 11) is 0. The molecule has 0 aliphatic heterocycles. The highest BCUT2D eigenvalue weighted by molar-refractivity contribution is 5.97. The van der Waals surface area contributed by atoms with Gasteiger partial charge in [-0.05, 0) is 65.7 Å². The zero-order valence-electron chi connectivity index (χ0n) is 17.2. The van der Waals surface area contributed by atoms with E-state index in [0.717, 1.165) is 11.1 Å². The molecule has 3 aromatic carbocycles. The van der Waals surface area contributed by atoms with E-state index >= 15 is 0 Å². The van der Waals surface area contributed by atoms with Crippen LogP contribution in [0.15, 0.2) is 77.9 Å². The fourth-order valence-electron chi connectivity index (χ4n) is 2.78. The average molecular weight is 431 g/mol. The molecular weight excluding hydrogens is 410 g/mol. The van der Waals surface area contributed by atoms with Crippen LogP contribution in [0.4, 0.5) is 5.69 Å². The Bertz CT molecular complexity index is 1160. The summed E-state index contributed by atoms with van der Waals surface area (Å²) in [5.41, 5.74) is 5.04. The molecule has 0 bridgehead atoms. The van der Waals surface area contributed by atoms with E-state index in [4.69, 9.17) is 9.84 Å². The van der Waals surface area contributed by atoms with Gasteiger partial charge in [-0.2, -0.15) is 5.10 Å². The molecule has 32 heavy (non-hydrogen) atoms. The number of anilines is 1. The van der Waals surface area contributed by atoms with Crippen LogP contribution in [-0.2, 0) is 11.4 Å². The molecule has 3 rings (SSSR count). The third-order valence-corrected chi connectivity index (χ3v) is 4.28. The molecule has 0 radical (unpaired) electrons. The van der Waals surface area contributed by atoms with Crippen LogP contribution in [0.2, 0.25) is 0 Å². The van der Waals surface area contributed by atoms with Crippen LogP contribution in [0.3, 0.4) is 0 Å². The molecule has 0 saturated carbocycles. The van der Waals surface area contributed by atoms with Crippen molar-refractivity contribution in [2.45, 2.75) is 13.5 Å². The number of hydrogen-bond donors (Lipinski definition) is 3. The molecule has 0 atom stereocenters. The van der Waals surface area contributed by atoms with Gasteiger partial charge in [0.1, 0.15) is 12.4 Å². The van der Waals surface area contributed by atoms with Gasteiger partial charge in [-0.25, -0.2) is 10.2 Å². The molecule has 0 aromatic heterocycles. The molecule has 3 N–H and O–H groups in total. The Morgan fingerprint density at radius 2 is 1.69 bits per heavy atom. The Labute approximate surface area is 184 Å². The van der Waals surface area contributed by atoms with Crippen LogP contribution in [0, 0.1) is 0 Å². The summed E-state index contributed by atoms with van der Waals surface area (Å²) < 4.78 is 5.68. The molecule has 8 nitrogen and oxygen atoms in total. The summed E-state index contributed by atoms with van der Waals surface area (Å²) >= 11 is 0. The zero-order chi connectivity index (χ0) is 22.9. The lowest BCUT2D eigenvalue weighted by molar-refractivity contribution is -0.114. The third-order valence-electron chi connectivity index (χ3n) is 4.28. The number of nitrogens with one attached hydrogen (secondary N) is 2. The lowest BCUT2D eigenvalue weighted by Crippen LogP contribution is -2.18. The molecule has 0 aliphatic carbocycles. The number of hydrogen-bond acceptors (Lipinski definition) is 5. The number of benzene rings is 3. The van der Waals surface area contributed by atoms with Crippen molar-refractivity contribution in [3.05, 3.63) is 95.1 Å². The van der Waals surface area contributed by atoms with E-state index in [2.05, 4.69) is 15.8 Å². The second-order valence-corrected chi connectivity index (χ2v) is 6.82. The van der Waals surface area contributed by atoms with Gasteiger partial charge in [0.2, 0.25) is 5.91 Å². The smallest absolute Gasteiger partial charge is 0.335 e. The topological polar surface area (TPSA) is 117 Å². The molecule has 162 valence electrons. The number of carboxylic acids is 1. The summed E-state index contributed by atoms with van der Waals surface area (Å²) in [5.74, 6) is -0.997. The van der Waals surface area contributed by atoms with E-state index in [9.17, 15) is 14.4 Å². The molecule has 0 unspecified atom stereocenters. The first-order valence-corrected chi connectivity index (χ1v) is 9.67. The van der Waals surface area contributed by atoms with E-state index in [0.29, 0.717) is 17.0 Å². The van der Waals surface area contributed by atoms with Gasteiger partial charge in [-0.15, -0.1) is 0 Å². The van der Waals surface area contributed by atoms with Crippen LogP contribution < -0.4 is 15.5 Å². The van der Waals surface area contributed by atoms with E-state index in [1.165, 1.54) is 19.2 Å². The number of amides is 2. The molecule has 8 heteroatoms. The van der Waals surface area contributed by atoms with Gasteiger partial charge < -0.3 is 15.2 Å². The summed E-state index contributed by atoms with van der Waals surface area (Å²) in [6.07, 6.45) is 1.50. The minimum atomic E-state index is -0.983. The second-order valence-electron chi connectivity index (χ2n) is 6.82. The number of rotatable bonds is 8. The lowest BCUT2D eigenvalue weighted by Gasteiger charge is -2.07. The molecule has 2 amide bonds. The first-order chi connectivity index (χ1) is 15.4. The van der Waals surface area contributed by atoms with Crippen LogP contribution in [-0.4, -0.2) is 29.1 Å². The standard InChI is InChI=1S/C24H21N3O5/c1-16(28)26-21-7-3-5-19(13-21)23(29)27-25-14-17-8-10-22(11-9-17)32-15-18-4-2-6-20(12-18)24(30)31/h2-14H,15H2,1H3,(H,26,28)(H,27,29)(H,30,31)/b25-14-. The quantitative estimate of drug-likeness (QED) is 0.371. The monoisotopic (exact) mass is 431 g/mol. The minimum absolute atomic E-state index is 0.210. The number of carbonyl (C=O) groups excluding carboxylic acids is 2. The van der Waals surface area contributed by atoms with Crippen LogP contribution in [0.5, 0.6) is 5.75 Å². The number of carbonyl (C=O) groups is 3. The number of carboxylic acid groups (broad SMARTS) is 1. The maximum Gasteiger partial charge on any atom is 0.335 e. The van der Waals surface area contributed by atoms with Crippen molar-refractivity contribution in [2.75, 3.05) is 5.32 Å². The lowest BCUT2D eigenvalue weighted by atomic mass is 10.1. The largest absolute Gasteiger partial charge is 0.489 e. The minimum Gasteiger partial charge on any atom is -0.489 e. The Hall–Kier alpha value is -4.46. The molecule has 0 spiro atoms. The predicted octanol–water partition coefficient (Wildman–Crippen LogP) is 3.69. The van der Waals surface area contributed by atoms with Gasteiger partial charge >= 0.3 is 5.97 Å². The van der Waals surface area contributed by atoms with Gasteiger partial charge in [-0.3, -0.25) is 9.59 Å². The van der Waals surface area contributed by atoms with Gasteiger partial charge in [0.15, 0.2) is 0 Å². The normalized spacial score (nSPS) is 10.5. The van der Waals surface area contributed by atoms with Crippen molar-refractivity contribution in [3.8, 4) is 5.75 Å². The van der Waals surface area contributed by atoms with Crippen molar-refractivity contribution in [2.24, 2.45) is 5.10 Å². The summed E-state index contributed by atoms with van der Waals surface area (Å²) in [6.45, 7) is 1.63. The first-order valence-electron chi connectivity index (χ1n) is 9.67. The van der Waals surface area contributed by atoms with Gasteiger partial charge in [0, 0.05) is 18.2 Å². The van der Waals surface area contributed by atoms with Crippen molar-refractivity contribution in [1.29, 1.82) is 0 Å².